The van der Waals surface area contributed by atoms with Gasteiger partial charge in [0, 0.05) is 12.2 Å². The van der Waals surface area contributed by atoms with Crippen molar-refractivity contribution in [3.8, 4) is 0 Å². The van der Waals surface area contributed by atoms with Crippen LogP contribution in [0.25, 0.3) is 0 Å². The van der Waals surface area contributed by atoms with Gasteiger partial charge in [-0.3, -0.25) is 9.59 Å². The van der Waals surface area contributed by atoms with E-state index in [1.807, 2.05) is 71.0 Å². The number of unbranched alkanes of at least 4 members (excludes halogenated alkanes) is 1. The Hall–Kier alpha value is -3.39. The van der Waals surface area contributed by atoms with E-state index in [4.69, 9.17) is 4.74 Å². The van der Waals surface area contributed by atoms with Crippen LogP contribution in [0.5, 0.6) is 0 Å². The second kappa shape index (κ2) is 13.4. The summed E-state index contributed by atoms with van der Waals surface area (Å²) in [7, 11) is 0. The van der Waals surface area contributed by atoms with Gasteiger partial charge in [0.15, 0.2) is 0 Å². The van der Waals surface area contributed by atoms with Gasteiger partial charge in [-0.1, -0.05) is 49.7 Å². The number of aliphatic hydroxyl groups excluding tert-OH is 1. The Morgan fingerprint density at radius 1 is 0.974 bits per heavy atom. The first-order valence-corrected chi connectivity index (χ1v) is 13.1. The van der Waals surface area contributed by atoms with Gasteiger partial charge in [0.05, 0.1) is 6.61 Å². The zero-order valence-electron chi connectivity index (χ0n) is 24.0. The smallest absolute Gasteiger partial charge is 0.408 e. The Kier molecular flexibility index (Phi) is 10.9. The summed E-state index contributed by atoms with van der Waals surface area (Å²) in [5.74, 6) is -0.934. The van der Waals surface area contributed by atoms with E-state index in [0.717, 1.165) is 28.7 Å². The quantitative estimate of drug-likeness (QED) is 0.399. The summed E-state index contributed by atoms with van der Waals surface area (Å²) >= 11 is 0. The molecular weight excluding hydrogens is 482 g/mol. The van der Waals surface area contributed by atoms with Gasteiger partial charge >= 0.3 is 6.09 Å². The maximum absolute atomic E-state index is 14.0. The molecule has 2 aromatic rings. The predicted molar refractivity (Wildman–Crippen MR) is 150 cm³/mol. The number of carbonyl (C=O) groups is 3. The molecule has 8 heteroatoms. The molecule has 3 amide bonds. The first kappa shape index (κ1) is 30.8. The monoisotopic (exact) mass is 525 g/mol. The molecule has 3 N–H and O–H groups in total. The van der Waals surface area contributed by atoms with E-state index in [2.05, 4.69) is 10.6 Å². The molecule has 0 radical (unpaired) electrons. The van der Waals surface area contributed by atoms with Crippen molar-refractivity contribution in [2.45, 2.75) is 85.9 Å². The summed E-state index contributed by atoms with van der Waals surface area (Å²) in [4.78, 5) is 41.7. The number of amides is 3. The average molecular weight is 526 g/mol. The number of carbonyl (C=O) groups excluding carboxylic acids is 3. The molecule has 0 aromatic heterocycles. The number of para-hydroxylation sites is 1. The van der Waals surface area contributed by atoms with Gasteiger partial charge in [0.1, 0.15) is 17.7 Å². The van der Waals surface area contributed by atoms with Crippen molar-refractivity contribution in [2.75, 3.05) is 18.5 Å². The molecule has 2 aromatic carbocycles. The van der Waals surface area contributed by atoms with Crippen molar-refractivity contribution in [1.82, 2.24) is 10.2 Å². The minimum Gasteiger partial charge on any atom is -0.444 e. The van der Waals surface area contributed by atoms with E-state index in [0.29, 0.717) is 17.7 Å². The largest absolute Gasteiger partial charge is 0.444 e. The number of aliphatic hydroxyl groups is 1. The maximum atomic E-state index is 14.0. The molecule has 0 saturated heterocycles. The predicted octanol–water partition coefficient (Wildman–Crippen LogP) is 5.11. The van der Waals surface area contributed by atoms with Gasteiger partial charge in [-0.2, -0.15) is 0 Å². The lowest BCUT2D eigenvalue weighted by Gasteiger charge is -2.34. The van der Waals surface area contributed by atoms with Crippen LogP contribution in [0.2, 0.25) is 0 Å². The fourth-order valence-corrected chi connectivity index (χ4v) is 4.14. The lowest BCUT2D eigenvalue weighted by Crippen LogP contribution is -2.54. The van der Waals surface area contributed by atoms with Crippen LogP contribution in [0.4, 0.5) is 10.5 Å². The van der Waals surface area contributed by atoms with Crippen LogP contribution in [0.15, 0.2) is 36.4 Å². The zero-order chi connectivity index (χ0) is 28.6. The Morgan fingerprint density at radius 3 is 2.13 bits per heavy atom. The van der Waals surface area contributed by atoms with Gasteiger partial charge in [0.25, 0.3) is 5.91 Å². The molecular formula is C30H43N3O5. The number of ether oxygens (including phenoxy) is 1. The molecule has 208 valence electrons. The third kappa shape index (κ3) is 8.31. The molecule has 2 rings (SSSR count). The van der Waals surface area contributed by atoms with Crippen LogP contribution in [0.3, 0.4) is 0 Å². The normalized spacial score (nSPS) is 12.9. The second-order valence-electron chi connectivity index (χ2n) is 10.8. The minimum absolute atomic E-state index is 0.263. The van der Waals surface area contributed by atoms with Crippen molar-refractivity contribution < 1.29 is 24.2 Å². The number of nitrogens with zero attached hydrogens (tertiary/aromatic N) is 1. The third-order valence-corrected chi connectivity index (χ3v) is 6.34. The van der Waals surface area contributed by atoms with Gasteiger partial charge in [-0.15, -0.1) is 0 Å². The molecule has 0 saturated carbocycles. The Morgan fingerprint density at radius 2 is 1.61 bits per heavy atom. The summed E-state index contributed by atoms with van der Waals surface area (Å²) in [6.45, 7) is 14.5. The highest BCUT2D eigenvalue weighted by atomic mass is 16.6. The van der Waals surface area contributed by atoms with E-state index in [1.165, 1.54) is 4.90 Å². The SMILES string of the molecule is CCCCN(C(=O)C(CO)NC(=O)OC(C)(C)C)C(C(=O)Nc1c(C)cccc1C)c1ccc(C)c(C)c1. The number of rotatable bonds is 10. The average Bonchev–Trinajstić information content (AvgIpc) is 2.83. The van der Waals surface area contributed by atoms with Crippen LogP contribution >= 0.6 is 0 Å². The fraction of sp³-hybridized carbons (Fsp3) is 0.500. The molecule has 0 aliphatic carbocycles. The molecule has 2 unspecified atom stereocenters. The zero-order valence-corrected chi connectivity index (χ0v) is 24.0. The van der Waals surface area contributed by atoms with Crippen LogP contribution in [-0.2, 0) is 14.3 Å². The highest BCUT2D eigenvalue weighted by Gasteiger charge is 2.36. The maximum Gasteiger partial charge on any atom is 0.408 e. The van der Waals surface area contributed by atoms with Gasteiger partial charge in [-0.05, 0) is 82.7 Å². The molecule has 0 heterocycles. The number of benzene rings is 2. The van der Waals surface area contributed by atoms with Gasteiger partial charge < -0.3 is 25.4 Å². The summed E-state index contributed by atoms with van der Waals surface area (Å²) < 4.78 is 5.30. The topological polar surface area (TPSA) is 108 Å². The molecule has 38 heavy (non-hydrogen) atoms. The molecule has 0 aliphatic heterocycles. The number of alkyl carbamates (subject to hydrolysis) is 1. The summed E-state index contributed by atoms with van der Waals surface area (Å²) in [6, 6.07) is 9.18. The highest BCUT2D eigenvalue weighted by Crippen LogP contribution is 2.28. The first-order valence-electron chi connectivity index (χ1n) is 13.1. The van der Waals surface area contributed by atoms with E-state index >= 15 is 0 Å². The number of aryl methyl sites for hydroxylation is 4. The molecule has 0 fully saturated rings. The van der Waals surface area contributed by atoms with Crippen molar-refractivity contribution in [2.24, 2.45) is 0 Å². The minimum atomic E-state index is -1.27. The van der Waals surface area contributed by atoms with Gasteiger partial charge in [-0.25, -0.2) is 4.79 Å². The van der Waals surface area contributed by atoms with E-state index in [1.54, 1.807) is 20.8 Å². The summed E-state index contributed by atoms with van der Waals surface area (Å²) in [5, 5.41) is 15.6. The van der Waals surface area contributed by atoms with E-state index in [9.17, 15) is 19.5 Å². The van der Waals surface area contributed by atoms with Crippen LogP contribution in [0.1, 0.15) is 74.4 Å². The molecule has 2 atom stereocenters. The molecule has 0 spiro atoms. The standard InChI is InChI=1S/C30H43N3O5/c1-9-10-16-33(28(36)24(18-34)31-29(37)38-30(6,7)8)26(23-15-14-19(2)22(5)17-23)27(35)32-25-20(3)12-11-13-21(25)4/h11-15,17,24,26,34H,9-10,16,18H2,1-8H3,(H,31,37)(H,32,35). The third-order valence-electron chi connectivity index (χ3n) is 6.34. The lowest BCUT2D eigenvalue weighted by atomic mass is 9.97. The van der Waals surface area contributed by atoms with E-state index < -0.39 is 36.3 Å². The van der Waals surface area contributed by atoms with Crippen LogP contribution in [0, 0.1) is 27.7 Å². The highest BCUT2D eigenvalue weighted by molar-refractivity contribution is 6.00. The van der Waals surface area contributed by atoms with E-state index in [-0.39, 0.29) is 12.5 Å². The molecule has 0 bridgehead atoms. The van der Waals surface area contributed by atoms with Crippen molar-refractivity contribution in [3.63, 3.8) is 0 Å². The summed E-state index contributed by atoms with van der Waals surface area (Å²) in [5.41, 5.74) is 4.43. The molecule has 0 aliphatic rings. The van der Waals surface area contributed by atoms with Crippen molar-refractivity contribution in [3.05, 3.63) is 64.2 Å². The first-order chi connectivity index (χ1) is 17.8. The van der Waals surface area contributed by atoms with Crippen LogP contribution < -0.4 is 10.6 Å². The van der Waals surface area contributed by atoms with Crippen molar-refractivity contribution >= 4 is 23.6 Å². The Balaban J connectivity index is 2.55. The molecule has 8 nitrogen and oxygen atoms in total. The lowest BCUT2D eigenvalue weighted by molar-refractivity contribution is -0.141. The van der Waals surface area contributed by atoms with Gasteiger partial charge in [0.2, 0.25) is 5.91 Å². The van der Waals surface area contributed by atoms with Crippen molar-refractivity contribution in [1.29, 1.82) is 0 Å². The summed E-state index contributed by atoms with van der Waals surface area (Å²) in [6.07, 6.45) is 0.600. The number of hydrogen-bond acceptors (Lipinski definition) is 5. The fourth-order valence-electron chi connectivity index (χ4n) is 4.14. The number of hydrogen-bond donors (Lipinski definition) is 3. The Bertz CT molecular complexity index is 1120. The van der Waals surface area contributed by atoms with Crippen LogP contribution in [-0.4, -0.2) is 52.7 Å². The second-order valence-corrected chi connectivity index (χ2v) is 10.8. The Labute approximate surface area is 226 Å². The number of anilines is 1. The number of nitrogens with one attached hydrogen (secondary N) is 2.